The maximum atomic E-state index is 14.3. The number of ether oxygens (including phenoxy) is 1. The largest absolute Gasteiger partial charge is 0.458 e. The number of primary amides is 1. The van der Waals surface area contributed by atoms with Gasteiger partial charge in [0, 0.05) is 36.5 Å². The summed E-state index contributed by atoms with van der Waals surface area (Å²) in [6.45, 7) is 11.4. The highest BCUT2D eigenvalue weighted by Gasteiger charge is 2.45. The molecule has 14 nitrogen and oxygen atoms in total. The van der Waals surface area contributed by atoms with Crippen molar-refractivity contribution in [2.45, 2.75) is 98.1 Å². The number of carbonyl (C=O) groups is 5. The molecule has 2 aliphatic heterocycles. The first-order chi connectivity index (χ1) is 24.5. The molecule has 0 spiro atoms. The number of carbonyl (C=O) groups excluding carboxylic acids is 5. The van der Waals surface area contributed by atoms with E-state index >= 15 is 0 Å². The second-order valence-corrected chi connectivity index (χ2v) is 14.6. The lowest BCUT2D eigenvalue weighted by atomic mass is 9.86. The molecule has 0 aliphatic carbocycles. The van der Waals surface area contributed by atoms with Crippen LogP contribution in [0.3, 0.4) is 0 Å². The van der Waals surface area contributed by atoms with Crippen molar-refractivity contribution in [3.8, 4) is 11.4 Å². The third kappa shape index (κ3) is 7.57. The predicted molar refractivity (Wildman–Crippen MR) is 192 cm³/mol. The molecular formula is C38H48N6O8. The molecule has 2 aliphatic rings. The van der Waals surface area contributed by atoms with Crippen LogP contribution in [0.4, 0.5) is 0 Å². The minimum absolute atomic E-state index is 0.0200. The highest BCUT2D eigenvalue weighted by Crippen LogP contribution is 2.40. The van der Waals surface area contributed by atoms with Crippen LogP contribution in [0.1, 0.15) is 83.1 Å². The van der Waals surface area contributed by atoms with Crippen molar-refractivity contribution in [3.63, 3.8) is 0 Å². The first-order valence-corrected chi connectivity index (χ1v) is 17.8. The van der Waals surface area contributed by atoms with Crippen LogP contribution >= 0.6 is 0 Å². The topological polar surface area (TPSA) is 203 Å². The van der Waals surface area contributed by atoms with Crippen molar-refractivity contribution in [1.29, 1.82) is 0 Å². The monoisotopic (exact) mass is 716 g/mol. The molecule has 52 heavy (non-hydrogen) atoms. The van der Waals surface area contributed by atoms with Crippen LogP contribution < -0.4 is 21.9 Å². The quantitative estimate of drug-likeness (QED) is 0.141. The van der Waals surface area contributed by atoms with Crippen LogP contribution in [0.5, 0.6) is 0 Å². The molecule has 0 saturated carbocycles. The fourth-order valence-electron chi connectivity index (χ4n) is 7.22. The molecule has 5 rings (SSSR count). The van der Waals surface area contributed by atoms with Gasteiger partial charge >= 0.3 is 5.97 Å². The lowest BCUT2D eigenvalue weighted by Gasteiger charge is -2.31. The Bertz CT molecular complexity index is 1970. The number of rotatable bonds is 14. The number of aromatic nitrogens is 2. The number of nitrogens with one attached hydrogen (secondary N) is 2. The van der Waals surface area contributed by atoms with E-state index in [0.717, 1.165) is 16.5 Å². The van der Waals surface area contributed by atoms with Gasteiger partial charge in [-0.2, -0.15) is 0 Å². The fourth-order valence-corrected chi connectivity index (χ4v) is 7.22. The molecule has 3 aromatic rings. The van der Waals surface area contributed by atoms with E-state index in [4.69, 9.17) is 15.5 Å². The van der Waals surface area contributed by atoms with E-state index in [1.54, 1.807) is 22.5 Å². The molecule has 0 radical (unpaired) electrons. The maximum absolute atomic E-state index is 14.3. The number of hydrogen-bond donors (Lipinski definition) is 4. The number of nitrogens with two attached hydrogens (primary N) is 1. The van der Waals surface area contributed by atoms with Gasteiger partial charge < -0.3 is 35.7 Å². The molecule has 0 fully saturated rings. The highest BCUT2D eigenvalue weighted by atomic mass is 16.6. The third-order valence-corrected chi connectivity index (χ3v) is 9.66. The van der Waals surface area contributed by atoms with E-state index in [9.17, 15) is 33.9 Å². The van der Waals surface area contributed by atoms with Gasteiger partial charge in [0.2, 0.25) is 23.6 Å². The molecule has 5 N–H and O–H groups in total. The Kier molecular flexibility index (Phi) is 11.2. The van der Waals surface area contributed by atoms with Crippen molar-refractivity contribution in [1.82, 2.24) is 25.1 Å². The van der Waals surface area contributed by atoms with E-state index in [0.29, 0.717) is 36.3 Å². The second kappa shape index (κ2) is 15.2. The SMILES string of the molecule is CC[C@@]1(O)C(=O)OCc2c1cc1n(c2=O)Cc2c-1nc1ccccc1c2CCN(CC(C)C)C(=O)[C@H](CC(C)C)NC(=O)[C@H](CC(N)=O)NC(C)=O. The van der Waals surface area contributed by atoms with E-state index < -0.39 is 47.8 Å². The number of nitrogens with zero attached hydrogens (tertiary/aromatic N) is 3. The van der Waals surface area contributed by atoms with Crippen molar-refractivity contribution in [2.75, 3.05) is 13.1 Å². The Hall–Kier alpha value is -5.11. The molecular weight excluding hydrogens is 668 g/mol. The van der Waals surface area contributed by atoms with Crippen molar-refractivity contribution in [2.24, 2.45) is 17.6 Å². The zero-order valence-corrected chi connectivity index (χ0v) is 30.6. The molecule has 14 heteroatoms. The first-order valence-electron chi connectivity index (χ1n) is 17.8. The number of esters is 1. The first kappa shape index (κ1) is 38.1. The van der Waals surface area contributed by atoms with Gasteiger partial charge in [-0.05, 0) is 48.8 Å². The summed E-state index contributed by atoms with van der Waals surface area (Å²) < 4.78 is 6.82. The van der Waals surface area contributed by atoms with E-state index in [-0.39, 0.29) is 60.5 Å². The number of hydrogen-bond acceptors (Lipinski definition) is 9. The smallest absolute Gasteiger partial charge is 0.343 e. The average Bonchev–Trinajstić information content (AvgIpc) is 3.44. The molecule has 4 amide bonds. The summed E-state index contributed by atoms with van der Waals surface area (Å²) in [4.78, 5) is 84.4. The minimum Gasteiger partial charge on any atom is -0.458 e. The molecule has 0 saturated heterocycles. The Balaban J connectivity index is 1.51. The van der Waals surface area contributed by atoms with Gasteiger partial charge in [-0.3, -0.25) is 24.0 Å². The highest BCUT2D eigenvalue weighted by molar-refractivity contribution is 5.94. The predicted octanol–water partition coefficient (Wildman–Crippen LogP) is 2.02. The van der Waals surface area contributed by atoms with Crippen molar-refractivity contribution in [3.05, 3.63) is 62.9 Å². The Morgan fingerprint density at radius 1 is 1.06 bits per heavy atom. The van der Waals surface area contributed by atoms with E-state index in [1.807, 2.05) is 52.0 Å². The van der Waals surface area contributed by atoms with Crippen LogP contribution in [-0.2, 0) is 53.9 Å². The van der Waals surface area contributed by atoms with Crippen LogP contribution in [0.2, 0.25) is 0 Å². The second-order valence-electron chi connectivity index (χ2n) is 14.6. The number of aliphatic hydroxyl groups is 1. The van der Waals surface area contributed by atoms with Gasteiger partial charge in [0.1, 0.15) is 18.7 Å². The molecule has 4 heterocycles. The zero-order valence-electron chi connectivity index (χ0n) is 30.6. The number of cyclic esters (lactones) is 1. The van der Waals surface area contributed by atoms with Gasteiger partial charge in [0.15, 0.2) is 5.60 Å². The molecule has 1 aromatic carbocycles. The summed E-state index contributed by atoms with van der Waals surface area (Å²) in [7, 11) is 0. The van der Waals surface area contributed by atoms with Gasteiger partial charge in [-0.1, -0.05) is 52.8 Å². The zero-order chi connectivity index (χ0) is 38.1. The van der Waals surface area contributed by atoms with Crippen LogP contribution in [-0.4, -0.2) is 74.3 Å². The molecule has 0 bridgehead atoms. The Morgan fingerprint density at radius 3 is 2.40 bits per heavy atom. The summed E-state index contributed by atoms with van der Waals surface area (Å²) in [5, 5.41) is 17.4. The molecule has 278 valence electrons. The van der Waals surface area contributed by atoms with E-state index in [1.165, 1.54) is 6.92 Å². The maximum Gasteiger partial charge on any atom is 0.343 e. The lowest BCUT2D eigenvalue weighted by Crippen LogP contribution is -2.55. The molecule has 3 atom stereocenters. The lowest BCUT2D eigenvalue weighted by molar-refractivity contribution is -0.172. The average molecular weight is 717 g/mol. The van der Waals surface area contributed by atoms with Crippen molar-refractivity contribution >= 4 is 40.5 Å². The summed E-state index contributed by atoms with van der Waals surface area (Å²) in [5.74, 6) is -2.96. The summed E-state index contributed by atoms with van der Waals surface area (Å²) in [5.41, 5.74) is 6.94. The van der Waals surface area contributed by atoms with Gasteiger partial charge in [0.25, 0.3) is 5.56 Å². The van der Waals surface area contributed by atoms with Crippen LogP contribution in [0, 0.1) is 11.8 Å². The van der Waals surface area contributed by atoms with Crippen molar-refractivity contribution < 1.29 is 33.8 Å². The minimum atomic E-state index is -1.95. The van der Waals surface area contributed by atoms with Gasteiger partial charge in [0.05, 0.1) is 35.4 Å². The van der Waals surface area contributed by atoms with Crippen LogP contribution in [0.15, 0.2) is 35.1 Å². The Morgan fingerprint density at radius 2 is 1.77 bits per heavy atom. The summed E-state index contributed by atoms with van der Waals surface area (Å²) in [6.07, 6.45) is 0.322. The number of benzene rings is 1. The number of para-hydroxylation sites is 1. The molecule has 2 aromatic heterocycles. The summed E-state index contributed by atoms with van der Waals surface area (Å²) in [6, 6.07) is 7.11. The number of pyridine rings is 2. The Labute approximate surface area is 302 Å². The van der Waals surface area contributed by atoms with Gasteiger partial charge in [-0.15, -0.1) is 0 Å². The standard InChI is InChI=1S/C38H48N6O8/c1-7-38(51)27-15-31-33-25(18-44(31)35(48)26(27)19-52-37(38)50)23(24-10-8-9-11-28(24)41-33)12-13-43(17-21(4)5)36(49)30(14-20(2)3)42-34(47)29(16-32(39)46)40-22(6)45/h8-11,15,20-21,29-30,51H,7,12-14,16-19H2,1-6H3,(H2,39,46)(H,40,45)(H,42,47)/t29-,30-,38-/m0/s1. The molecule has 0 unspecified atom stereocenters. The normalized spacial score (nSPS) is 17.2. The van der Waals surface area contributed by atoms with Gasteiger partial charge in [-0.25, -0.2) is 9.78 Å². The summed E-state index contributed by atoms with van der Waals surface area (Å²) >= 11 is 0. The third-order valence-electron chi connectivity index (χ3n) is 9.66. The fraction of sp³-hybridized carbons (Fsp3) is 0.500. The number of fused-ring (bicyclic) bond motifs is 5. The number of amides is 4. The van der Waals surface area contributed by atoms with E-state index in [2.05, 4.69) is 10.6 Å². The van der Waals surface area contributed by atoms with Crippen LogP contribution in [0.25, 0.3) is 22.3 Å².